The van der Waals surface area contributed by atoms with Crippen LogP contribution < -0.4 is 5.32 Å². The van der Waals surface area contributed by atoms with Crippen LogP contribution >= 0.6 is 11.8 Å². The molecule has 0 radical (unpaired) electrons. The maximum Gasteiger partial charge on any atom is 0.156 e. The molecule has 0 aromatic rings. The molecule has 1 aliphatic carbocycles. The van der Waals surface area contributed by atoms with E-state index < -0.39 is 0 Å². The molecule has 0 amide bonds. The Morgan fingerprint density at radius 3 is 3.08 bits per heavy atom. The monoisotopic (exact) mass is 184 g/mol. The van der Waals surface area contributed by atoms with E-state index in [-0.39, 0.29) is 0 Å². The van der Waals surface area contributed by atoms with Crippen LogP contribution in [0.25, 0.3) is 0 Å². The molecule has 1 saturated heterocycles. The maximum atomic E-state index is 4.21. The first-order valence-corrected chi connectivity index (χ1v) is 5.57. The summed E-state index contributed by atoms with van der Waals surface area (Å²) >= 11 is 1.94. The van der Waals surface area contributed by atoms with Crippen LogP contribution in [0.2, 0.25) is 0 Å². The van der Waals surface area contributed by atoms with Crippen LogP contribution in [0, 0.1) is 5.92 Å². The Morgan fingerprint density at radius 2 is 2.33 bits per heavy atom. The number of aliphatic imine (C=N–C) groups is 1. The van der Waals surface area contributed by atoms with E-state index in [4.69, 9.17) is 0 Å². The molecule has 2 fully saturated rings. The van der Waals surface area contributed by atoms with Crippen molar-refractivity contribution >= 4 is 16.9 Å². The standard InChI is InChI=1S/C9H16N2S/c1-6-3-4-8-7(5-6)11-9(10-2)12-8/h6-8H,3-5H2,1-2H3,(H,10,11). The molecule has 0 aromatic heterocycles. The van der Waals surface area contributed by atoms with Crippen LogP contribution in [-0.4, -0.2) is 23.5 Å². The van der Waals surface area contributed by atoms with Gasteiger partial charge in [-0.3, -0.25) is 4.99 Å². The summed E-state index contributed by atoms with van der Waals surface area (Å²) in [6.07, 6.45) is 4.09. The van der Waals surface area contributed by atoms with Gasteiger partial charge in [0.15, 0.2) is 5.17 Å². The van der Waals surface area contributed by atoms with Gasteiger partial charge >= 0.3 is 0 Å². The lowest BCUT2D eigenvalue weighted by atomic mass is 9.87. The second-order valence-corrected chi connectivity index (χ2v) is 5.08. The summed E-state index contributed by atoms with van der Waals surface area (Å²) < 4.78 is 0. The molecule has 0 bridgehead atoms. The fraction of sp³-hybridized carbons (Fsp3) is 0.889. The largest absolute Gasteiger partial charge is 0.361 e. The third-order valence-corrected chi connectivity index (χ3v) is 4.21. The lowest BCUT2D eigenvalue weighted by molar-refractivity contribution is 0.341. The fourth-order valence-corrected chi connectivity index (χ4v) is 3.31. The quantitative estimate of drug-likeness (QED) is 0.621. The van der Waals surface area contributed by atoms with E-state index in [2.05, 4.69) is 17.2 Å². The SMILES string of the molecule is CN=C1NC2CC(C)CCC2S1. The van der Waals surface area contributed by atoms with Gasteiger partial charge < -0.3 is 5.32 Å². The third-order valence-electron chi connectivity index (χ3n) is 2.82. The lowest BCUT2D eigenvalue weighted by Crippen LogP contribution is -2.36. The van der Waals surface area contributed by atoms with Gasteiger partial charge in [0, 0.05) is 18.3 Å². The van der Waals surface area contributed by atoms with Crippen molar-refractivity contribution in [2.24, 2.45) is 10.9 Å². The van der Waals surface area contributed by atoms with Crippen LogP contribution in [0.3, 0.4) is 0 Å². The van der Waals surface area contributed by atoms with Gasteiger partial charge in [-0.1, -0.05) is 18.7 Å². The second-order valence-electron chi connectivity index (χ2n) is 3.85. The van der Waals surface area contributed by atoms with Gasteiger partial charge in [-0.15, -0.1) is 0 Å². The van der Waals surface area contributed by atoms with E-state index in [1.165, 1.54) is 19.3 Å². The van der Waals surface area contributed by atoms with Crippen LogP contribution in [0.5, 0.6) is 0 Å². The van der Waals surface area contributed by atoms with Crippen molar-refractivity contribution in [1.82, 2.24) is 5.32 Å². The van der Waals surface area contributed by atoms with Crippen LogP contribution in [-0.2, 0) is 0 Å². The average molecular weight is 184 g/mol. The minimum absolute atomic E-state index is 0.706. The minimum Gasteiger partial charge on any atom is -0.361 e. The fourth-order valence-electron chi connectivity index (χ4n) is 2.10. The first-order valence-electron chi connectivity index (χ1n) is 4.69. The second kappa shape index (κ2) is 3.29. The van der Waals surface area contributed by atoms with Gasteiger partial charge in [0.2, 0.25) is 0 Å². The van der Waals surface area contributed by atoms with Crippen molar-refractivity contribution in [2.45, 2.75) is 37.5 Å². The zero-order valence-corrected chi connectivity index (χ0v) is 8.53. The molecular formula is C9H16N2S. The van der Waals surface area contributed by atoms with Crippen LogP contribution in [0.4, 0.5) is 0 Å². The number of rotatable bonds is 0. The van der Waals surface area contributed by atoms with Crippen molar-refractivity contribution in [2.75, 3.05) is 7.05 Å². The molecule has 2 nitrogen and oxygen atoms in total. The summed E-state index contributed by atoms with van der Waals surface area (Å²) in [5.74, 6) is 0.899. The smallest absolute Gasteiger partial charge is 0.156 e. The summed E-state index contributed by atoms with van der Waals surface area (Å²) in [6.45, 7) is 2.35. The van der Waals surface area contributed by atoms with Gasteiger partial charge in [0.05, 0.1) is 0 Å². The molecule has 3 unspecified atom stereocenters. The molecule has 1 saturated carbocycles. The van der Waals surface area contributed by atoms with Crippen molar-refractivity contribution in [3.8, 4) is 0 Å². The third kappa shape index (κ3) is 1.47. The maximum absolute atomic E-state index is 4.21. The van der Waals surface area contributed by atoms with E-state index in [0.29, 0.717) is 6.04 Å². The topological polar surface area (TPSA) is 24.4 Å². The molecule has 12 heavy (non-hydrogen) atoms. The number of fused-ring (bicyclic) bond motifs is 1. The van der Waals surface area contributed by atoms with Gasteiger partial charge in [-0.2, -0.15) is 0 Å². The Balaban J connectivity index is 2.02. The van der Waals surface area contributed by atoms with Crippen molar-refractivity contribution < 1.29 is 0 Å². The Hall–Kier alpha value is -0.180. The highest BCUT2D eigenvalue weighted by Crippen LogP contribution is 2.36. The van der Waals surface area contributed by atoms with Crippen molar-refractivity contribution in [3.05, 3.63) is 0 Å². The summed E-state index contributed by atoms with van der Waals surface area (Å²) in [4.78, 5) is 4.21. The van der Waals surface area contributed by atoms with Gasteiger partial charge in [-0.05, 0) is 25.2 Å². The van der Waals surface area contributed by atoms with Gasteiger partial charge in [-0.25, -0.2) is 0 Å². The molecule has 3 atom stereocenters. The Morgan fingerprint density at radius 1 is 1.50 bits per heavy atom. The molecule has 0 aromatic carbocycles. The van der Waals surface area contributed by atoms with Crippen molar-refractivity contribution in [1.29, 1.82) is 0 Å². The van der Waals surface area contributed by atoms with E-state index in [1.807, 2.05) is 18.8 Å². The summed E-state index contributed by atoms with van der Waals surface area (Å²) in [5, 5.41) is 5.44. The summed E-state index contributed by atoms with van der Waals surface area (Å²) in [5.41, 5.74) is 0. The number of hydrogen-bond acceptors (Lipinski definition) is 2. The molecule has 0 spiro atoms. The molecule has 1 heterocycles. The minimum atomic E-state index is 0.706. The molecule has 68 valence electrons. The van der Waals surface area contributed by atoms with E-state index in [0.717, 1.165) is 16.3 Å². The molecule has 2 aliphatic rings. The molecule has 1 aliphatic heterocycles. The molecule has 1 N–H and O–H groups in total. The first-order chi connectivity index (χ1) is 5.79. The first kappa shape index (κ1) is 8.42. The molecular weight excluding hydrogens is 168 g/mol. The summed E-state index contributed by atoms with van der Waals surface area (Å²) in [6, 6.07) is 0.706. The van der Waals surface area contributed by atoms with Gasteiger partial charge in [0.25, 0.3) is 0 Å². The Bertz CT molecular complexity index is 203. The predicted molar refractivity (Wildman–Crippen MR) is 54.7 cm³/mol. The van der Waals surface area contributed by atoms with Gasteiger partial charge in [0.1, 0.15) is 0 Å². The number of amidine groups is 1. The lowest BCUT2D eigenvalue weighted by Gasteiger charge is -2.27. The zero-order chi connectivity index (χ0) is 8.55. The number of nitrogens with one attached hydrogen (secondary N) is 1. The Kier molecular flexibility index (Phi) is 2.31. The number of hydrogen-bond donors (Lipinski definition) is 1. The highest BCUT2D eigenvalue weighted by Gasteiger charge is 2.35. The predicted octanol–water partition coefficient (Wildman–Crippen LogP) is 1.87. The summed E-state index contributed by atoms with van der Waals surface area (Å²) in [7, 11) is 1.87. The Labute approximate surface area is 78.2 Å². The number of thioether (sulfide) groups is 1. The number of nitrogens with zero attached hydrogens (tertiary/aromatic N) is 1. The highest BCUT2D eigenvalue weighted by molar-refractivity contribution is 8.14. The average Bonchev–Trinajstić information content (AvgIpc) is 2.46. The van der Waals surface area contributed by atoms with Crippen LogP contribution in [0.15, 0.2) is 4.99 Å². The molecule has 2 rings (SSSR count). The van der Waals surface area contributed by atoms with E-state index >= 15 is 0 Å². The molecule has 3 heteroatoms. The van der Waals surface area contributed by atoms with Crippen molar-refractivity contribution in [3.63, 3.8) is 0 Å². The van der Waals surface area contributed by atoms with Crippen LogP contribution in [0.1, 0.15) is 26.2 Å². The van der Waals surface area contributed by atoms with E-state index in [9.17, 15) is 0 Å². The normalized spacial score (nSPS) is 44.2. The highest BCUT2D eigenvalue weighted by atomic mass is 32.2. The van der Waals surface area contributed by atoms with E-state index in [1.54, 1.807) is 0 Å². The zero-order valence-electron chi connectivity index (χ0n) is 7.71.